The fourth-order valence-electron chi connectivity index (χ4n) is 1.91. The number of aromatic nitrogens is 2. The Labute approximate surface area is 102 Å². The molecule has 2 rings (SSSR count). The Kier molecular flexibility index (Phi) is 3.78. The number of anilines is 1. The Morgan fingerprint density at radius 3 is 2.59 bits per heavy atom. The molecule has 5 heteroatoms. The summed E-state index contributed by atoms with van der Waals surface area (Å²) in [6.07, 6.45) is 2.07. The molecule has 1 saturated heterocycles. The summed E-state index contributed by atoms with van der Waals surface area (Å²) in [6.45, 7) is 5.39. The molecule has 94 valence electrons. The summed E-state index contributed by atoms with van der Waals surface area (Å²) >= 11 is 0. The highest BCUT2D eigenvalue weighted by molar-refractivity contribution is 5.47. The number of nitrogens with one attached hydrogen (secondary N) is 1. The van der Waals surface area contributed by atoms with E-state index in [4.69, 9.17) is 9.47 Å². The first-order valence-electron chi connectivity index (χ1n) is 5.98. The predicted molar refractivity (Wildman–Crippen MR) is 65.5 cm³/mol. The van der Waals surface area contributed by atoms with Crippen LogP contribution in [0.1, 0.15) is 24.2 Å². The van der Waals surface area contributed by atoms with Gasteiger partial charge in [0, 0.05) is 19.9 Å². The second-order valence-corrected chi connectivity index (χ2v) is 4.23. The van der Waals surface area contributed by atoms with Crippen LogP contribution >= 0.6 is 0 Å². The third kappa shape index (κ3) is 2.85. The third-order valence-corrected chi connectivity index (χ3v) is 2.90. The highest BCUT2D eigenvalue weighted by Gasteiger charge is 2.18. The Hall–Kier alpha value is -1.36. The van der Waals surface area contributed by atoms with E-state index in [2.05, 4.69) is 15.3 Å². The summed E-state index contributed by atoms with van der Waals surface area (Å²) in [7, 11) is 1.85. The zero-order valence-corrected chi connectivity index (χ0v) is 10.6. The van der Waals surface area contributed by atoms with Gasteiger partial charge in [0.1, 0.15) is 17.7 Å². The van der Waals surface area contributed by atoms with Crippen molar-refractivity contribution in [2.75, 3.05) is 25.6 Å². The summed E-state index contributed by atoms with van der Waals surface area (Å²) in [5, 5.41) is 3.06. The van der Waals surface area contributed by atoms with Gasteiger partial charge >= 0.3 is 0 Å². The van der Waals surface area contributed by atoms with Gasteiger partial charge in [0.05, 0.1) is 18.8 Å². The lowest BCUT2D eigenvalue weighted by atomic mass is 10.1. The van der Waals surface area contributed by atoms with Gasteiger partial charge in [-0.05, 0) is 13.8 Å². The molecule has 0 unspecified atom stereocenters. The summed E-state index contributed by atoms with van der Waals surface area (Å²) in [6, 6.07) is 0. The average Bonchev–Trinajstić information content (AvgIpc) is 2.34. The van der Waals surface area contributed by atoms with Crippen molar-refractivity contribution in [3.63, 3.8) is 0 Å². The molecule has 0 amide bonds. The first-order valence-corrected chi connectivity index (χ1v) is 5.98. The lowest BCUT2D eigenvalue weighted by Gasteiger charge is -2.24. The first-order chi connectivity index (χ1) is 8.20. The van der Waals surface area contributed by atoms with Crippen LogP contribution < -0.4 is 10.1 Å². The summed E-state index contributed by atoms with van der Waals surface area (Å²) in [5.41, 5.74) is 0.963. The van der Waals surface area contributed by atoms with E-state index in [0.29, 0.717) is 5.88 Å². The van der Waals surface area contributed by atoms with Crippen molar-refractivity contribution < 1.29 is 9.47 Å². The molecule has 1 aliphatic rings. The fraction of sp³-hybridized carbons (Fsp3) is 0.667. The van der Waals surface area contributed by atoms with E-state index in [9.17, 15) is 0 Å². The van der Waals surface area contributed by atoms with Crippen molar-refractivity contribution >= 4 is 5.82 Å². The van der Waals surface area contributed by atoms with Crippen LogP contribution in [0.4, 0.5) is 5.82 Å². The van der Waals surface area contributed by atoms with E-state index in [-0.39, 0.29) is 6.10 Å². The van der Waals surface area contributed by atoms with Crippen LogP contribution in [0.15, 0.2) is 0 Å². The van der Waals surface area contributed by atoms with Gasteiger partial charge in [0.15, 0.2) is 0 Å². The highest BCUT2D eigenvalue weighted by Crippen LogP contribution is 2.24. The molecule has 0 aromatic carbocycles. The molecule has 0 bridgehead atoms. The molecule has 0 radical (unpaired) electrons. The Bertz CT molecular complexity index is 390. The minimum absolute atomic E-state index is 0.210. The number of hydrogen-bond acceptors (Lipinski definition) is 5. The number of ether oxygens (including phenoxy) is 2. The number of aryl methyl sites for hydroxylation is 1. The van der Waals surface area contributed by atoms with Gasteiger partial charge in [-0.2, -0.15) is 4.98 Å². The minimum Gasteiger partial charge on any atom is -0.474 e. The minimum atomic E-state index is 0.210. The molecule has 1 N–H and O–H groups in total. The molecule has 17 heavy (non-hydrogen) atoms. The largest absolute Gasteiger partial charge is 0.474 e. The molecular weight excluding hydrogens is 218 g/mol. The van der Waals surface area contributed by atoms with Gasteiger partial charge in [-0.15, -0.1) is 0 Å². The van der Waals surface area contributed by atoms with E-state index >= 15 is 0 Å². The zero-order valence-electron chi connectivity index (χ0n) is 10.6. The van der Waals surface area contributed by atoms with E-state index in [1.54, 1.807) is 0 Å². The maximum Gasteiger partial charge on any atom is 0.222 e. The molecule has 2 heterocycles. The molecule has 5 nitrogen and oxygen atoms in total. The van der Waals surface area contributed by atoms with E-state index in [0.717, 1.165) is 43.3 Å². The predicted octanol–water partition coefficient (Wildman–Crippen LogP) is 1.69. The van der Waals surface area contributed by atoms with Gasteiger partial charge in [-0.1, -0.05) is 0 Å². The van der Waals surface area contributed by atoms with Crippen LogP contribution in [-0.2, 0) is 4.74 Å². The van der Waals surface area contributed by atoms with Crippen molar-refractivity contribution in [3.05, 3.63) is 11.4 Å². The van der Waals surface area contributed by atoms with Gasteiger partial charge in [-0.3, -0.25) is 0 Å². The SMILES string of the molecule is CNc1nc(C)nc(OC2CCOCC2)c1C. The maximum absolute atomic E-state index is 5.94. The number of nitrogens with zero attached hydrogens (tertiary/aromatic N) is 2. The van der Waals surface area contributed by atoms with Gasteiger partial charge in [0.25, 0.3) is 0 Å². The first kappa shape index (κ1) is 12.1. The average molecular weight is 237 g/mol. The van der Waals surface area contributed by atoms with Crippen LogP contribution in [0, 0.1) is 13.8 Å². The standard InChI is InChI=1S/C12H19N3O2/c1-8-11(13-3)14-9(2)15-12(8)17-10-4-6-16-7-5-10/h10H,4-7H2,1-3H3,(H,13,14,15). The molecule has 0 spiro atoms. The molecule has 1 aliphatic heterocycles. The molecule has 0 aliphatic carbocycles. The Balaban J connectivity index is 2.16. The van der Waals surface area contributed by atoms with Crippen molar-refractivity contribution in [2.24, 2.45) is 0 Å². The topological polar surface area (TPSA) is 56.3 Å². The van der Waals surface area contributed by atoms with Gasteiger partial charge in [-0.25, -0.2) is 4.98 Å². The molecule has 1 fully saturated rings. The third-order valence-electron chi connectivity index (χ3n) is 2.90. The fourth-order valence-corrected chi connectivity index (χ4v) is 1.91. The summed E-state index contributed by atoms with van der Waals surface area (Å²) in [5.74, 6) is 2.25. The number of rotatable bonds is 3. The van der Waals surface area contributed by atoms with Crippen molar-refractivity contribution in [1.29, 1.82) is 0 Å². The van der Waals surface area contributed by atoms with Crippen LogP contribution in [0.5, 0.6) is 5.88 Å². The van der Waals surface area contributed by atoms with Crippen molar-refractivity contribution in [1.82, 2.24) is 9.97 Å². The molecule has 1 aromatic heterocycles. The lowest BCUT2D eigenvalue weighted by molar-refractivity contribution is 0.0233. The summed E-state index contributed by atoms with van der Waals surface area (Å²) in [4.78, 5) is 8.68. The summed E-state index contributed by atoms with van der Waals surface area (Å²) < 4.78 is 11.2. The van der Waals surface area contributed by atoms with E-state index < -0.39 is 0 Å². The van der Waals surface area contributed by atoms with Crippen molar-refractivity contribution in [2.45, 2.75) is 32.8 Å². The zero-order chi connectivity index (χ0) is 12.3. The monoisotopic (exact) mass is 237 g/mol. The second kappa shape index (κ2) is 5.31. The normalized spacial score (nSPS) is 16.9. The van der Waals surface area contributed by atoms with E-state index in [1.807, 2.05) is 20.9 Å². The van der Waals surface area contributed by atoms with Crippen LogP contribution in [0.3, 0.4) is 0 Å². The smallest absolute Gasteiger partial charge is 0.222 e. The van der Waals surface area contributed by atoms with Crippen LogP contribution in [-0.4, -0.2) is 36.3 Å². The molecule has 1 aromatic rings. The van der Waals surface area contributed by atoms with Gasteiger partial charge in [0.2, 0.25) is 5.88 Å². The van der Waals surface area contributed by atoms with Crippen LogP contribution in [0.2, 0.25) is 0 Å². The molecular formula is C12H19N3O2. The van der Waals surface area contributed by atoms with Crippen LogP contribution in [0.25, 0.3) is 0 Å². The lowest BCUT2D eigenvalue weighted by Crippen LogP contribution is -2.26. The quantitative estimate of drug-likeness (QED) is 0.867. The van der Waals surface area contributed by atoms with Crippen molar-refractivity contribution in [3.8, 4) is 5.88 Å². The second-order valence-electron chi connectivity index (χ2n) is 4.23. The molecule has 0 atom stereocenters. The molecule has 0 saturated carbocycles. The van der Waals surface area contributed by atoms with E-state index in [1.165, 1.54) is 0 Å². The van der Waals surface area contributed by atoms with Gasteiger partial charge < -0.3 is 14.8 Å². The maximum atomic E-state index is 5.94. The Morgan fingerprint density at radius 1 is 1.24 bits per heavy atom. The number of hydrogen-bond donors (Lipinski definition) is 1. The Morgan fingerprint density at radius 2 is 1.94 bits per heavy atom. The highest BCUT2D eigenvalue weighted by atomic mass is 16.5.